The van der Waals surface area contributed by atoms with Gasteiger partial charge in [0.2, 0.25) is 0 Å². The van der Waals surface area contributed by atoms with Gasteiger partial charge in [-0.15, -0.1) is 0 Å². The van der Waals surface area contributed by atoms with Crippen LogP contribution in [0.1, 0.15) is 41.6 Å². The molecule has 4 heteroatoms. The van der Waals surface area contributed by atoms with Crippen LogP contribution in [0.3, 0.4) is 0 Å². The number of benzene rings is 1. The number of nitrogens with zero attached hydrogens (tertiary/aromatic N) is 2. The van der Waals surface area contributed by atoms with E-state index in [0.717, 1.165) is 31.7 Å². The second-order valence-electron chi connectivity index (χ2n) is 5.92. The molecule has 3 nitrogen and oxygen atoms in total. The first-order valence-corrected chi connectivity index (χ1v) is 7.05. The number of hydrogen-bond donors (Lipinski definition) is 0. The highest BCUT2D eigenvalue weighted by molar-refractivity contribution is 5.98. The lowest BCUT2D eigenvalue weighted by Crippen LogP contribution is -2.42. The van der Waals surface area contributed by atoms with E-state index in [1.807, 2.05) is 6.07 Å². The van der Waals surface area contributed by atoms with E-state index in [0.29, 0.717) is 17.6 Å². The molecule has 0 aromatic heterocycles. The highest BCUT2D eigenvalue weighted by atomic mass is 19.1. The summed E-state index contributed by atoms with van der Waals surface area (Å²) in [6.07, 6.45) is 4.00. The summed E-state index contributed by atoms with van der Waals surface area (Å²) in [6.45, 7) is 0. The van der Waals surface area contributed by atoms with E-state index >= 15 is 0 Å². The van der Waals surface area contributed by atoms with Crippen LogP contribution < -0.4 is 0 Å². The number of Topliss-reactive ketones (excluding diaryl/α,β-unsaturated/α-hetero) is 1. The average Bonchev–Trinajstić information content (AvgIpc) is 2.67. The second-order valence-corrected chi connectivity index (χ2v) is 5.92. The predicted octanol–water partition coefficient (Wildman–Crippen LogP) is 2.75. The number of carbonyl (C=O) groups is 1. The first kappa shape index (κ1) is 13.3. The Morgan fingerprint density at radius 1 is 1.30 bits per heavy atom. The molecule has 2 fully saturated rings. The van der Waals surface area contributed by atoms with Gasteiger partial charge in [0.15, 0.2) is 5.78 Å². The fourth-order valence-corrected chi connectivity index (χ4v) is 3.66. The van der Waals surface area contributed by atoms with Gasteiger partial charge >= 0.3 is 0 Å². The van der Waals surface area contributed by atoms with Gasteiger partial charge in [-0.25, -0.2) is 4.39 Å². The molecule has 2 unspecified atom stereocenters. The van der Waals surface area contributed by atoms with Crippen molar-refractivity contribution >= 4 is 5.78 Å². The van der Waals surface area contributed by atoms with Gasteiger partial charge in [-0.1, -0.05) is 0 Å². The molecule has 2 atom stereocenters. The molecule has 0 spiro atoms. The van der Waals surface area contributed by atoms with Crippen LogP contribution >= 0.6 is 0 Å². The Morgan fingerprint density at radius 2 is 1.95 bits per heavy atom. The Kier molecular flexibility index (Phi) is 3.31. The predicted molar refractivity (Wildman–Crippen MR) is 72.7 cm³/mol. The third kappa shape index (κ3) is 2.23. The van der Waals surface area contributed by atoms with Gasteiger partial charge in [0.25, 0.3) is 0 Å². The Bertz CT molecular complexity index is 579. The molecular formula is C16H17FN2O. The monoisotopic (exact) mass is 272 g/mol. The topological polar surface area (TPSA) is 44.1 Å². The Labute approximate surface area is 118 Å². The molecule has 0 radical (unpaired) electrons. The maximum atomic E-state index is 13.5. The Morgan fingerprint density at radius 3 is 2.55 bits per heavy atom. The highest BCUT2D eigenvalue weighted by Gasteiger charge is 2.41. The average molecular weight is 272 g/mol. The minimum absolute atomic E-state index is 0.00833. The molecule has 2 aliphatic heterocycles. The van der Waals surface area contributed by atoms with E-state index in [4.69, 9.17) is 5.26 Å². The van der Waals surface area contributed by atoms with Crippen LogP contribution in [0.15, 0.2) is 18.2 Å². The van der Waals surface area contributed by atoms with E-state index in [1.54, 1.807) is 0 Å². The summed E-state index contributed by atoms with van der Waals surface area (Å²) in [5.74, 6) is -0.550. The van der Waals surface area contributed by atoms with Crippen LogP contribution in [0.4, 0.5) is 4.39 Å². The molecule has 2 saturated heterocycles. The first-order valence-electron chi connectivity index (χ1n) is 7.05. The minimum Gasteiger partial charge on any atom is -0.300 e. The summed E-state index contributed by atoms with van der Waals surface area (Å²) >= 11 is 0. The zero-order chi connectivity index (χ0) is 14.3. The normalized spacial score (nSPS) is 29.1. The maximum absolute atomic E-state index is 13.5. The van der Waals surface area contributed by atoms with Crippen molar-refractivity contribution in [3.8, 4) is 6.07 Å². The lowest BCUT2D eigenvalue weighted by Gasteiger charge is -2.35. The van der Waals surface area contributed by atoms with Crippen molar-refractivity contribution in [3.63, 3.8) is 0 Å². The van der Waals surface area contributed by atoms with Gasteiger partial charge in [-0.05, 0) is 50.9 Å². The van der Waals surface area contributed by atoms with E-state index in [2.05, 4.69) is 11.9 Å². The summed E-state index contributed by atoms with van der Waals surface area (Å²) in [7, 11) is 2.12. The fraction of sp³-hybridized carbons (Fsp3) is 0.500. The quantitative estimate of drug-likeness (QED) is 0.778. The van der Waals surface area contributed by atoms with Crippen molar-refractivity contribution in [2.75, 3.05) is 7.05 Å². The number of rotatable bonds is 2. The molecular weight excluding hydrogens is 255 g/mol. The van der Waals surface area contributed by atoms with Crippen LogP contribution in [0, 0.1) is 23.1 Å². The molecule has 20 heavy (non-hydrogen) atoms. The number of carbonyl (C=O) groups excluding carboxylic acids is 1. The van der Waals surface area contributed by atoms with Gasteiger partial charge in [0, 0.05) is 23.6 Å². The number of hydrogen-bond acceptors (Lipinski definition) is 3. The molecule has 0 N–H and O–H groups in total. The lowest BCUT2D eigenvalue weighted by atomic mass is 9.84. The lowest BCUT2D eigenvalue weighted by molar-refractivity contribution is 0.0766. The van der Waals surface area contributed by atoms with Crippen LogP contribution in [-0.4, -0.2) is 29.8 Å². The largest absolute Gasteiger partial charge is 0.300 e. The van der Waals surface area contributed by atoms with E-state index < -0.39 is 5.82 Å². The van der Waals surface area contributed by atoms with E-state index in [9.17, 15) is 9.18 Å². The minimum atomic E-state index is -0.511. The summed E-state index contributed by atoms with van der Waals surface area (Å²) in [4.78, 5) is 14.9. The van der Waals surface area contributed by atoms with Crippen molar-refractivity contribution in [2.24, 2.45) is 5.92 Å². The highest BCUT2D eigenvalue weighted by Crippen LogP contribution is 2.38. The molecule has 0 saturated carbocycles. The second kappa shape index (κ2) is 4.99. The summed E-state index contributed by atoms with van der Waals surface area (Å²) in [6, 6.07) is 6.78. The molecule has 3 rings (SSSR count). The number of fused-ring (bicyclic) bond motifs is 2. The van der Waals surface area contributed by atoms with Gasteiger partial charge in [0.05, 0.1) is 11.6 Å². The van der Waals surface area contributed by atoms with Gasteiger partial charge in [0.1, 0.15) is 5.82 Å². The Hall–Kier alpha value is -1.73. The summed E-state index contributed by atoms with van der Waals surface area (Å²) in [5.41, 5.74) is 0.555. The Balaban J connectivity index is 1.83. The van der Waals surface area contributed by atoms with Crippen molar-refractivity contribution in [2.45, 2.75) is 37.8 Å². The van der Waals surface area contributed by atoms with Gasteiger partial charge in [-0.3, -0.25) is 4.79 Å². The number of halogens is 1. The summed E-state index contributed by atoms with van der Waals surface area (Å²) < 4.78 is 13.5. The van der Waals surface area contributed by atoms with Crippen molar-refractivity contribution in [1.82, 2.24) is 4.90 Å². The fourth-order valence-electron chi connectivity index (χ4n) is 3.66. The first-order chi connectivity index (χ1) is 9.58. The van der Waals surface area contributed by atoms with Gasteiger partial charge in [-0.2, -0.15) is 5.26 Å². The zero-order valence-electron chi connectivity index (χ0n) is 11.5. The van der Waals surface area contributed by atoms with Crippen LogP contribution in [-0.2, 0) is 0 Å². The third-order valence-electron chi connectivity index (χ3n) is 4.78. The third-order valence-corrected chi connectivity index (χ3v) is 4.78. The molecule has 2 aliphatic rings. The van der Waals surface area contributed by atoms with Crippen LogP contribution in [0.2, 0.25) is 0 Å². The summed E-state index contributed by atoms with van der Waals surface area (Å²) in [5, 5.41) is 8.87. The zero-order valence-corrected chi connectivity index (χ0v) is 11.5. The van der Waals surface area contributed by atoms with Crippen LogP contribution in [0.5, 0.6) is 0 Å². The molecule has 2 heterocycles. The molecule has 2 bridgehead atoms. The van der Waals surface area contributed by atoms with Crippen molar-refractivity contribution < 1.29 is 9.18 Å². The number of piperidine rings is 1. The molecule has 1 aromatic rings. The molecule has 104 valence electrons. The van der Waals surface area contributed by atoms with Crippen molar-refractivity contribution in [3.05, 3.63) is 35.1 Å². The van der Waals surface area contributed by atoms with E-state index in [-0.39, 0.29) is 17.3 Å². The molecule has 0 aliphatic carbocycles. The SMILES string of the molecule is CN1C2CCC1CC(C(=O)c1cc(F)cc(C#N)c1)C2. The smallest absolute Gasteiger partial charge is 0.166 e. The van der Waals surface area contributed by atoms with Crippen LogP contribution in [0.25, 0.3) is 0 Å². The molecule has 1 aromatic carbocycles. The van der Waals surface area contributed by atoms with Gasteiger partial charge < -0.3 is 4.90 Å². The number of ketones is 1. The van der Waals surface area contributed by atoms with E-state index in [1.165, 1.54) is 12.1 Å². The standard InChI is InChI=1S/C16H17FN2O/c1-19-14-2-3-15(19)8-12(7-14)16(20)11-4-10(9-18)5-13(17)6-11/h4-6,12,14-15H,2-3,7-8H2,1H3. The number of nitriles is 1. The molecule has 0 amide bonds. The maximum Gasteiger partial charge on any atom is 0.166 e. The van der Waals surface area contributed by atoms with Crippen molar-refractivity contribution in [1.29, 1.82) is 5.26 Å².